The summed E-state index contributed by atoms with van der Waals surface area (Å²) < 4.78 is 8.85. The molecule has 3 aromatic heterocycles. The minimum atomic E-state index is -0.134. The number of ether oxygens (including phenoxy) is 1. The molecule has 1 amide bonds. The minimum absolute atomic E-state index is 0.00316. The number of aromatic nitrogens is 3. The molecule has 158 valence electrons. The molecule has 6 nitrogen and oxygen atoms in total. The number of fused-ring (bicyclic) bond motifs is 1. The van der Waals surface area contributed by atoms with Gasteiger partial charge in [0.2, 0.25) is 0 Å². The molecule has 1 unspecified atom stereocenters. The summed E-state index contributed by atoms with van der Waals surface area (Å²) in [5, 5.41) is 7.37. The van der Waals surface area contributed by atoms with Crippen molar-refractivity contribution >= 4 is 44.2 Å². The van der Waals surface area contributed by atoms with E-state index in [4.69, 9.17) is 4.74 Å². The highest BCUT2D eigenvalue weighted by atomic mass is 79.9. The van der Waals surface area contributed by atoms with Gasteiger partial charge in [-0.05, 0) is 42.1 Å². The number of halogens is 1. The van der Waals surface area contributed by atoms with E-state index in [1.807, 2.05) is 52.9 Å². The molecule has 0 bridgehead atoms. The van der Waals surface area contributed by atoms with Crippen molar-refractivity contribution in [2.75, 3.05) is 19.7 Å². The van der Waals surface area contributed by atoms with Crippen LogP contribution in [0.2, 0.25) is 0 Å². The highest BCUT2D eigenvalue weighted by molar-refractivity contribution is 9.10. The maximum atomic E-state index is 13.5. The van der Waals surface area contributed by atoms with Crippen molar-refractivity contribution in [1.82, 2.24) is 19.7 Å². The van der Waals surface area contributed by atoms with Crippen molar-refractivity contribution in [3.05, 3.63) is 80.2 Å². The number of amides is 1. The van der Waals surface area contributed by atoms with E-state index >= 15 is 0 Å². The van der Waals surface area contributed by atoms with Crippen LogP contribution >= 0.6 is 27.3 Å². The molecule has 4 aromatic rings. The Labute approximate surface area is 192 Å². The highest BCUT2D eigenvalue weighted by Gasteiger charge is 2.28. The fourth-order valence-electron chi connectivity index (χ4n) is 3.90. The Bertz CT molecular complexity index is 1220. The van der Waals surface area contributed by atoms with Crippen LogP contribution in [0.1, 0.15) is 32.6 Å². The van der Waals surface area contributed by atoms with Gasteiger partial charge in [-0.15, -0.1) is 11.3 Å². The van der Waals surface area contributed by atoms with Crippen LogP contribution in [-0.4, -0.2) is 45.3 Å². The van der Waals surface area contributed by atoms with Crippen LogP contribution in [0.3, 0.4) is 0 Å². The fourth-order valence-corrected chi connectivity index (χ4v) is 4.85. The van der Waals surface area contributed by atoms with E-state index in [1.54, 1.807) is 17.5 Å². The van der Waals surface area contributed by atoms with Gasteiger partial charge in [0.1, 0.15) is 6.10 Å². The zero-order chi connectivity index (χ0) is 21.4. The van der Waals surface area contributed by atoms with Crippen LogP contribution in [0.15, 0.2) is 58.5 Å². The molecule has 0 radical (unpaired) electrons. The Morgan fingerprint density at radius 3 is 2.90 bits per heavy atom. The maximum Gasteiger partial charge on any atom is 0.254 e. The number of aryl methyl sites for hydroxylation is 1. The third kappa shape index (κ3) is 4.15. The van der Waals surface area contributed by atoms with Crippen LogP contribution in [0, 0.1) is 6.92 Å². The van der Waals surface area contributed by atoms with Crippen molar-refractivity contribution < 1.29 is 9.53 Å². The summed E-state index contributed by atoms with van der Waals surface area (Å²) in [5.74, 6) is -0.00316. The number of nitrogens with zero attached hydrogens (tertiary/aromatic N) is 4. The molecule has 0 saturated carbocycles. The standard InChI is InChI=1S/C23H21BrN4O2S/c1-15-11-19(20-12-25-28(22(20)26-15)13-18-3-2-10-31-18)23(29)27-8-9-30-21(14-27)16-4-6-17(24)7-5-16/h2-7,10-12,21H,8-9,13-14H2,1H3. The first-order valence-corrected chi connectivity index (χ1v) is 11.8. The zero-order valence-electron chi connectivity index (χ0n) is 17.0. The quantitative estimate of drug-likeness (QED) is 0.406. The largest absolute Gasteiger partial charge is 0.370 e. The third-order valence-electron chi connectivity index (χ3n) is 5.45. The molecular formula is C23H21BrN4O2S. The second kappa shape index (κ2) is 8.53. The Morgan fingerprint density at radius 1 is 1.29 bits per heavy atom. The monoisotopic (exact) mass is 496 g/mol. The van der Waals surface area contributed by atoms with Crippen molar-refractivity contribution in [2.24, 2.45) is 0 Å². The lowest BCUT2D eigenvalue weighted by Gasteiger charge is -2.33. The molecule has 1 saturated heterocycles. The molecule has 8 heteroatoms. The van der Waals surface area contributed by atoms with E-state index in [2.05, 4.69) is 37.5 Å². The van der Waals surface area contributed by atoms with Crippen LogP contribution in [0.25, 0.3) is 11.0 Å². The smallest absolute Gasteiger partial charge is 0.254 e. The zero-order valence-corrected chi connectivity index (χ0v) is 19.4. The first kappa shape index (κ1) is 20.4. The van der Waals surface area contributed by atoms with E-state index in [1.165, 1.54) is 4.88 Å². The van der Waals surface area contributed by atoms with Crippen LogP contribution in [-0.2, 0) is 11.3 Å². The average molecular weight is 497 g/mol. The molecule has 0 aliphatic carbocycles. The van der Waals surface area contributed by atoms with Gasteiger partial charge in [-0.2, -0.15) is 5.10 Å². The number of pyridine rings is 1. The van der Waals surface area contributed by atoms with Crippen molar-refractivity contribution in [1.29, 1.82) is 0 Å². The van der Waals surface area contributed by atoms with Gasteiger partial charge in [0.15, 0.2) is 5.65 Å². The predicted octanol–water partition coefficient (Wildman–Crippen LogP) is 4.83. The van der Waals surface area contributed by atoms with Crippen molar-refractivity contribution in [2.45, 2.75) is 19.6 Å². The lowest BCUT2D eigenvalue weighted by Crippen LogP contribution is -2.42. The lowest BCUT2D eigenvalue weighted by atomic mass is 10.1. The summed E-state index contributed by atoms with van der Waals surface area (Å²) in [4.78, 5) is 21.3. The van der Waals surface area contributed by atoms with Gasteiger partial charge in [0.05, 0.1) is 36.8 Å². The van der Waals surface area contributed by atoms with Gasteiger partial charge in [-0.1, -0.05) is 34.1 Å². The highest BCUT2D eigenvalue weighted by Crippen LogP contribution is 2.27. The summed E-state index contributed by atoms with van der Waals surface area (Å²) in [6.07, 6.45) is 1.63. The van der Waals surface area contributed by atoms with Crippen LogP contribution < -0.4 is 0 Å². The maximum absolute atomic E-state index is 13.5. The first-order valence-electron chi connectivity index (χ1n) is 10.1. The van der Waals surface area contributed by atoms with Gasteiger partial charge in [0, 0.05) is 21.6 Å². The normalized spacial score (nSPS) is 16.7. The summed E-state index contributed by atoms with van der Waals surface area (Å²) in [6, 6.07) is 14.0. The van der Waals surface area contributed by atoms with Gasteiger partial charge in [-0.25, -0.2) is 9.67 Å². The molecular weight excluding hydrogens is 476 g/mol. The molecule has 4 heterocycles. The topological polar surface area (TPSA) is 60.3 Å². The van der Waals surface area contributed by atoms with Crippen molar-refractivity contribution in [3.63, 3.8) is 0 Å². The number of hydrogen-bond donors (Lipinski definition) is 0. The fraction of sp³-hybridized carbons (Fsp3) is 0.261. The van der Waals surface area contributed by atoms with Gasteiger partial charge in [0.25, 0.3) is 5.91 Å². The number of carbonyl (C=O) groups excluding carboxylic acids is 1. The third-order valence-corrected chi connectivity index (χ3v) is 6.84. The lowest BCUT2D eigenvalue weighted by molar-refractivity contribution is -0.0227. The Hall–Kier alpha value is -2.55. The van der Waals surface area contributed by atoms with E-state index in [9.17, 15) is 4.79 Å². The molecule has 5 rings (SSSR count). The Balaban J connectivity index is 1.43. The summed E-state index contributed by atoms with van der Waals surface area (Å²) in [7, 11) is 0. The number of carbonyl (C=O) groups is 1. The van der Waals surface area contributed by atoms with Gasteiger partial charge in [-0.3, -0.25) is 4.79 Å². The predicted molar refractivity (Wildman–Crippen MR) is 124 cm³/mol. The van der Waals surface area contributed by atoms with E-state index in [-0.39, 0.29) is 12.0 Å². The van der Waals surface area contributed by atoms with Gasteiger partial charge >= 0.3 is 0 Å². The summed E-state index contributed by atoms with van der Waals surface area (Å²) in [5.41, 5.74) is 3.27. The number of thiophene rings is 1. The van der Waals surface area contributed by atoms with Crippen LogP contribution in [0.4, 0.5) is 0 Å². The molecule has 0 N–H and O–H groups in total. The minimum Gasteiger partial charge on any atom is -0.370 e. The molecule has 1 atom stereocenters. The van der Waals surface area contributed by atoms with Crippen LogP contribution in [0.5, 0.6) is 0 Å². The van der Waals surface area contributed by atoms with E-state index in [0.29, 0.717) is 31.8 Å². The molecule has 1 aromatic carbocycles. The molecule has 1 aliphatic heterocycles. The van der Waals surface area contributed by atoms with Crippen molar-refractivity contribution in [3.8, 4) is 0 Å². The molecule has 1 aliphatic rings. The number of benzene rings is 1. The molecule has 31 heavy (non-hydrogen) atoms. The average Bonchev–Trinajstić information content (AvgIpc) is 3.44. The molecule has 0 spiro atoms. The van der Waals surface area contributed by atoms with Gasteiger partial charge < -0.3 is 9.64 Å². The Morgan fingerprint density at radius 2 is 2.13 bits per heavy atom. The summed E-state index contributed by atoms with van der Waals surface area (Å²) >= 11 is 5.15. The number of rotatable bonds is 4. The number of morpholine rings is 1. The second-order valence-electron chi connectivity index (χ2n) is 7.59. The SMILES string of the molecule is Cc1cc(C(=O)N2CCOC(c3ccc(Br)cc3)C2)c2cnn(Cc3cccs3)c2n1. The summed E-state index contributed by atoms with van der Waals surface area (Å²) in [6.45, 7) is 4.17. The molecule has 1 fully saturated rings. The first-order chi connectivity index (χ1) is 15.1. The second-order valence-corrected chi connectivity index (χ2v) is 9.54. The number of hydrogen-bond acceptors (Lipinski definition) is 5. The Kier molecular flexibility index (Phi) is 5.60. The van der Waals surface area contributed by atoms with E-state index < -0.39 is 0 Å². The van der Waals surface area contributed by atoms with E-state index in [0.717, 1.165) is 26.8 Å².